The lowest BCUT2D eigenvalue weighted by Crippen LogP contribution is -2.28. The number of hydrogen-bond acceptors (Lipinski definition) is 3. The topological polar surface area (TPSA) is 38.7 Å². The average molecular weight is 600 g/mol. The highest BCUT2D eigenvalue weighted by Gasteiger charge is 2.46. The molecule has 9 rings (SSSR count). The number of hydrogen-bond donors (Lipinski definition) is 0. The quantitative estimate of drug-likeness (QED) is 0.198. The maximum Gasteiger partial charge on any atom is 0.0973 e. The summed E-state index contributed by atoms with van der Waals surface area (Å²) < 4.78 is 0. The van der Waals surface area contributed by atoms with E-state index >= 15 is 0 Å². The van der Waals surface area contributed by atoms with Crippen molar-refractivity contribution in [3.05, 3.63) is 198 Å². The summed E-state index contributed by atoms with van der Waals surface area (Å²) in [5.41, 5.74) is 14.8. The van der Waals surface area contributed by atoms with Crippen molar-refractivity contribution >= 4 is 11.0 Å². The molecule has 0 atom stereocenters. The first-order valence-corrected chi connectivity index (χ1v) is 15.9. The molecule has 0 spiro atoms. The molecule has 0 bridgehead atoms. The third-order valence-electron chi connectivity index (χ3n) is 9.46. The van der Waals surface area contributed by atoms with Crippen LogP contribution in [0.1, 0.15) is 22.3 Å². The van der Waals surface area contributed by atoms with E-state index in [1.54, 1.807) is 0 Å². The normalized spacial score (nSPS) is 12.9. The summed E-state index contributed by atoms with van der Waals surface area (Å²) in [6.45, 7) is 0. The highest BCUT2D eigenvalue weighted by molar-refractivity contribution is 5.92. The molecule has 2 heterocycles. The van der Waals surface area contributed by atoms with Crippen LogP contribution in [0.5, 0.6) is 0 Å². The fourth-order valence-electron chi connectivity index (χ4n) is 7.36. The monoisotopic (exact) mass is 599 g/mol. The molecule has 0 saturated carbocycles. The van der Waals surface area contributed by atoms with Crippen LogP contribution in [0.15, 0.2) is 176 Å². The highest BCUT2D eigenvalue weighted by atomic mass is 14.8. The third-order valence-corrected chi connectivity index (χ3v) is 9.46. The first-order chi connectivity index (χ1) is 23.3. The molecule has 1 aliphatic rings. The zero-order valence-electron chi connectivity index (χ0n) is 25.6. The Balaban J connectivity index is 1.36. The summed E-state index contributed by atoms with van der Waals surface area (Å²) in [5, 5.41) is 0. The second kappa shape index (κ2) is 11.0. The number of para-hydroxylation sites is 2. The van der Waals surface area contributed by atoms with Gasteiger partial charge in [0.2, 0.25) is 0 Å². The van der Waals surface area contributed by atoms with Crippen LogP contribution in [0.25, 0.3) is 55.8 Å². The van der Waals surface area contributed by atoms with Crippen molar-refractivity contribution in [2.45, 2.75) is 5.41 Å². The van der Waals surface area contributed by atoms with E-state index in [-0.39, 0.29) is 0 Å². The van der Waals surface area contributed by atoms with Gasteiger partial charge in [0.25, 0.3) is 0 Å². The molecule has 3 heteroatoms. The van der Waals surface area contributed by atoms with Gasteiger partial charge in [-0.15, -0.1) is 0 Å². The maximum absolute atomic E-state index is 5.28. The van der Waals surface area contributed by atoms with Gasteiger partial charge in [-0.1, -0.05) is 127 Å². The fourth-order valence-corrected chi connectivity index (χ4v) is 7.36. The minimum Gasteiger partial charge on any atom is -0.265 e. The lowest BCUT2D eigenvalue weighted by molar-refractivity contribution is 0.769. The van der Waals surface area contributed by atoms with Crippen LogP contribution >= 0.6 is 0 Å². The second-order valence-electron chi connectivity index (χ2n) is 12.0. The van der Waals surface area contributed by atoms with E-state index in [1.807, 2.05) is 42.7 Å². The summed E-state index contributed by atoms with van der Waals surface area (Å²) in [6.07, 6.45) is 3.72. The van der Waals surface area contributed by atoms with Gasteiger partial charge in [-0.25, -0.2) is 9.97 Å². The molecular weight excluding hydrogens is 571 g/mol. The maximum atomic E-state index is 5.28. The van der Waals surface area contributed by atoms with Crippen molar-refractivity contribution in [1.82, 2.24) is 15.0 Å². The van der Waals surface area contributed by atoms with Gasteiger partial charge < -0.3 is 0 Å². The lowest BCUT2D eigenvalue weighted by atomic mass is 9.67. The summed E-state index contributed by atoms with van der Waals surface area (Å²) >= 11 is 0. The molecule has 1 aliphatic carbocycles. The highest BCUT2D eigenvalue weighted by Crippen LogP contribution is 2.57. The Morgan fingerprint density at radius 1 is 0.362 bits per heavy atom. The predicted molar refractivity (Wildman–Crippen MR) is 191 cm³/mol. The van der Waals surface area contributed by atoms with Crippen LogP contribution in [-0.2, 0) is 5.41 Å². The Bertz CT molecular complexity index is 2350. The molecule has 0 saturated heterocycles. The molecule has 8 aromatic rings. The largest absolute Gasteiger partial charge is 0.265 e. The van der Waals surface area contributed by atoms with Gasteiger partial charge in [-0.3, -0.25) is 4.98 Å². The second-order valence-corrected chi connectivity index (χ2v) is 12.0. The molecular formula is C44H29N3. The van der Waals surface area contributed by atoms with Crippen molar-refractivity contribution in [3.8, 4) is 44.8 Å². The zero-order chi connectivity index (χ0) is 31.2. The number of benzene rings is 6. The Hall–Kier alpha value is -6.19. The van der Waals surface area contributed by atoms with Gasteiger partial charge in [-0.2, -0.15) is 0 Å². The minimum absolute atomic E-state index is 0.552. The molecule has 220 valence electrons. The molecule has 6 aromatic carbocycles. The van der Waals surface area contributed by atoms with Crippen LogP contribution in [0.4, 0.5) is 0 Å². The standard InChI is InChI=1S/C44H29N3/c1-4-12-31(13-5-1)42-43(47-41-19-11-10-18-40(41)46-42)33-21-23-37-36-22-20-32(30-24-26-45-27-25-30)28-38(36)44(39(37)29-33,34-14-6-2-7-15-34)35-16-8-3-9-17-35/h1-29H. The minimum atomic E-state index is -0.552. The van der Waals surface area contributed by atoms with Gasteiger partial charge >= 0.3 is 0 Å². The predicted octanol–water partition coefficient (Wildman–Crippen LogP) is 10.4. The van der Waals surface area contributed by atoms with Crippen molar-refractivity contribution in [2.75, 3.05) is 0 Å². The molecule has 0 radical (unpaired) electrons. The Morgan fingerprint density at radius 3 is 1.40 bits per heavy atom. The number of nitrogens with zero attached hydrogens (tertiary/aromatic N) is 3. The molecule has 0 N–H and O–H groups in total. The van der Waals surface area contributed by atoms with E-state index in [2.05, 4.69) is 138 Å². The number of rotatable bonds is 5. The fraction of sp³-hybridized carbons (Fsp3) is 0.0227. The molecule has 0 fully saturated rings. The lowest BCUT2D eigenvalue weighted by Gasteiger charge is -2.34. The van der Waals surface area contributed by atoms with Crippen LogP contribution in [0.3, 0.4) is 0 Å². The van der Waals surface area contributed by atoms with Gasteiger partial charge in [0.1, 0.15) is 0 Å². The molecule has 0 aliphatic heterocycles. The van der Waals surface area contributed by atoms with E-state index in [0.717, 1.165) is 39.1 Å². The average Bonchev–Trinajstić information content (AvgIpc) is 3.45. The van der Waals surface area contributed by atoms with E-state index in [0.29, 0.717) is 0 Å². The number of pyridine rings is 1. The third kappa shape index (κ3) is 4.32. The zero-order valence-corrected chi connectivity index (χ0v) is 25.6. The van der Waals surface area contributed by atoms with Crippen molar-refractivity contribution in [2.24, 2.45) is 0 Å². The first-order valence-electron chi connectivity index (χ1n) is 15.9. The Kier molecular flexibility index (Phi) is 6.36. The SMILES string of the molecule is c1ccc(-c2nc3ccccc3nc2-c2ccc3c(c2)C(c2ccccc2)(c2ccccc2)c2cc(-c4ccncc4)ccc2-3)cc1. The summed E-state index contributed by atoms with van der Waals surface area (Å²) in [6, 6.07) is 58.3. The van der Waals surface area contributed by atoms with E-state index in [9.17, 15) is 0 Å². The van der Waals surface area contributed by atoms with Crippen molar-refractivity contribution < 1.29 is 0 Å². The molecule has 3 nitrogen and oxygen atoms in total. The molecule has 0 unspecified atom stereocenters. The summed E-state index contributed by atoms with van der Waals surface area (Å²) in [7, 11) is 0. The van der Waals surface area contributed by atoms with E-state index < -0.39 is 5.41 Å². The molecule has 2 aromatic heterocycles. The van der Waals surface area contributed by atoms with Crippen LogP contribution in [-0.4, -0.2) is 15.0 Å². The Morgan fingerprint density at radius 2 is 0.830 bits per heavy atom. The van der Waals surface area contributed by atoms with Gasteiger partial charge in [-0.05, 0) is 80.9 Å². The summed E-state index contributed by atoms with van der Waals surface area (Å²) in [5.74, 6) is 0. The number of aromatic nitrogens is 3. The number of fused-ring (bicyclic) bond motifs is 4. The molecule has 47 heavy (non-hydrogen) atoms. The van der Waals surface area contributed by atoms with Gasteiger partial charge in [0.05, 0.1) is 27.8 Å². The van der Waals surface area contributed by atoms with Crippen molar-refractivity contribution in [1.29, 1.82) is 0 Å². The summed E-state index contributed by atoms with van der Waals surface area (Å²) in [4.78, 5) is 14.7. The van der Waals surface area contributed by atoms with Crippen LogP contribution < -0.4 is 0 Å². The van der Waals surface area contributed by atoms with Crippen LogP contribution in [0, 0.1) is 0 Å². The van der Waals surface area contributed by atoms with Crippen molar-refractivity contribution in [3.63, 3.8) is 0 Å². The van der Waals surface area contributed by atoms with E-state index in [4.69, 9.17) is 9.97 Å². The first kappa shape index (κ1) is 27.1. The Labute approximate surface area is 273 Å². The molecule has 0 amide bonds. The van der Waals surface area contributed by atoms with Gasteiger partial charge in [0.15, 0.2) is 0 Å². The smallest absolute Gasteiger partial charge is 0.0973 e. The van der Waals surface area contributed by atoms with Crippen LogP contribution in [0.2, 0.25) is 0 Å². The van der Waals surface area contributed by atoms with Gasteiger partial charge in [0, 0.05) is 23.5 Å². The van der Waals surface area contributed by atoms with E-state index in [1.165, 1.54) is 38.9 Å².